The Labute approximate surface area is 180 Å². The largest absolute Gasteiger partial charge is 0.337 e. The first kappa shape index (κ1) is 23.8. The van der Waals surface area contributed by atoms with E-state index in [1.807, 2.05) is 36.4 Å². The molecule has 1 aliphatic heterocycles. The third-order valence-electron chi connectivity index (χ3n) is 5.54. The van der Waals surface area contributed by atoms with Crippen molar-refractivity contribution in [2.24, 2.45) is 10.7 Å². The summed E-state index contributed by atoms with van der Waals surface area (Å²) in [5, 5.41) is 3.35. The lowest BCUT2D eigenvalue weighted by molar-refractivity contribution is 0.216. The number of aryl methyl sites for hydroxylation is 1. The van der Waals surface area contributed by atoms with Crippen LogP contribution in [0.2, 0.25) is 0 Å². The van der Waals surface area contributed by atoms with E-state index in [1.165, 1.54) is 6.07 Å². The summed E-state index contributed by atoms with van der Waals surface area (Å²) in [6.45, 7) is 13.4. The molecule has 0 spiro atoms. The van der Waals surface area contributed by atoms with E-state index in [0.717, 1.165) is 43.2 Å². The van der Waals surface area contributed by atoms with E-state index in [9.17, 15) is 4.39 Å². The fraction of sp³-hybridized carbons (Fsp3) is 0.458. The predicted molar refractivity (Wildman–Crippen MR) is 126 cm³/mol. The summed E-state index contributed by atoms with van der Waals surface area (Å²) >= 11 is 0. The first-order valence-electron chi connectivity index (χ1n) is 10.8. The average molecular weight is 414 g/mol. The molecule has 1 unspecified atom stereocenters. The van der Waals surface area contributed by atoms with Gasteiger partial charge in [0.1, 0.15) is 17.5 Å². The van der Waals surface area contributed by atoms with Crippen LogP contribution in [-0.2, 0) is 6.42 Å². The van der Waals surface area contributed by atoms with Crippen LogP contribution in [0, 0.1) is 5.82 Å². The SMILES string of the molecule is C=C/C(=C1/NC(=NCCN(CCN)C(C)CC)C=CN1C)c1cc(CC)ccc1F. The lowest BCUT2D eigenvalue weighted by Gasteiger charge is -2.28. The number of hydrogen-bond acceptors (Lipinski definition) is 4. The van der Waals surface area contributed by atoms with Gasteiger partial charge in [-0.2, -0.15) is 0 Å². The highest BCUT2D eigenvalue weighted by Crippen LogP contribution is 2.26. The molecule has 1 atom stereocenters. The quantitative estimate of drug-likeness (QED) is 0.613. The minimum Gasteiger partial charge on any atom is -0.337 e. The molecule has 0 fully saturated rings. The molecule has 1 heterocycles. The van der Waals surface area contributed by atoms with Gasteiger partial charge in [-0.05, 0) is 43.5 Å². The number of nitrogens with one attached hydrogen (secondary N) is 1. The number of allylic oxidation sites excluding steroid dienone is 2. The Morgan fingerprint density at radius 1 is 1.37 bits per heavy atom. The molecule has 0 saturated carbocycles. The molecule has 30 heavy (non-hydrogen) atoms. The van der Waals surface area contributed by atoms with Crippen molar-refractivity contribution in [3.8, 4) is 0 Å². The van der Waals surface area contributed by atoms with Crippen LogP contribution in [0.1, 0.15) is 38.3 Å². The van der Waals surface area contributed by atoms with Crippen LogP contribution >= 0.6 is 0 Å². The molecule has 0 bridgehead atoms. The third-order valence-corrected chi connectivity index (χ3v) is 5.54. The first-order valence-corrected chi connectivity index (χ1v) is 10.8. The number of halogens is 1. The van der Waals surface area contributed by atoms with Crippen LogP contribution in [-0.4, -0.2) is 54.9 Å². The Kier molecular flexibility index (Phi) is 9.27. The maximum Gasteiger partial charge on any atom is 0.131 e. The van der Waals surface area contributed by atoms with Crippen molar-refractivity contribution < 1.29 is 4.39 Å². The second-order valence-electron chi connectivity index (χ2n) is 7.53. The van der Waals surface area contributed by atoms with Gasteiger partial charge in [0.25, 0.3) is 0 Å². The van der Waals surface area contributed by atoms with E-state index in [-0.39, 0.29) is 5.82 Å². The van der Waals surface area contributed by atoms with Crippen molar-refractivity contribution >= 4 is 11.4 Å². The fourth-order valence-corrected chi connectivity index (χ4v) is 3.47. The second kappa shape index (κ2) is 11.7. The minimum absolute atomic E-state index is 0.260. The Bertz CT molecular complexity index is 812. The van der Waals surface area contributed by atoms with E-state index in [4.69, 9.17) is 10.7 Å². The molecule has 2 rings (SSSR count). The van der Waals surface area contributed by atoms with Gasteiger partial charge in [-0.25, -0.2) is 4.39 Å². The Hall–Kier alpha value is -2.44. The highest BCUT2D eigenvalue weighted by atomic mass is 19.1. The molecule has 3 N–H and O–H groups in total. The molecular weight excluding hydrogens is 377 g/mol. The molecule has 0 amide bonds. The van der Waals surface area contributed by atoms with Crippen LogP contribution in [0.5, 0.6) is 0 Å². The maximum atomic E-state index is 14.6. The number of rotatable bonds is 10. The van der Waals surface area contributed by atoms with Crippen molar-refractivity contribution in [3.05, 3.63) is 65.9 Å². The van der Waals surface area contributed by atoms with E-state index in [2.05, 4.69) is 37.6 Å². The van der Waals surface area contributed by atoms with Crippen molar-refractivity contribution in [2.45, 2.75) is 39.7 Å². The minimum atomic E-state index is -0.260. The second-order valence-corrected chi connectivity index (χ2v) is 7.53. The molecular formula is C24H36FN5. The molecule has 5 nitrogen and oxygen atoms in total. The molecule has 0 aromatic heterocycles. The number of nitrogens with two attached hydrogens (primary N) is 1. The Morgan fingerprint density at radius 3 is 2.77 bits per heavy atom. The lowest BCUT2D eigenvalue weighted by Crippen LogP contribution is -2.39. The van der Waals surface area contributed by atoms with Crippen LogP contribution in [0.3, 0.4) is 0 Å². The van der Waals surface area contributed by atoms with Gasteiger partial charge < -0.3 is 16.0 Å². The predicted octanol–water partition coefficient (Wildman–Crippen LogP) is 3.75. The summed E-state index contributed by atoms with van der Waals surface area (Å²) in [6, 6.07) is 5.71. The molecule has 0 saturated heterocycles. The fourth-order valence-electron chi connectivity index (χ4n) is 3.47. The molecule has 1 aromatic rings. The smallest absolute Gasteiger partial charge is 0.131 e. The normalized spacial score (nSPS) is 18.0. The lowest BCUT2D eigenvalue weighted by atomic mass is 10.0. The van der Waals surface area contributed by atoms with Gasteiger partial charge in [-0.15, -0.1) is 0 Å². The van der Waals surface area contributed by atoms with Crippen LogP contribution in [0.15, 0.2) is 53.9 Å². The van der Waals surface area contributed by atoms with Crippen molar-refractivity contribution in [2.75, 3.05) is 33.2 Å². The third kappa shape index (κ3) is 6.03. The van der Waals surface area contributed by atoms with Gasteiger partial charge in [0.2, 0.25) is 0 Å². The number of aliphatic imine (C=N–C) groups is 1. The van der Waals surface area contributed by atoms with E-state index < -0.39 is 0 Å². The van der Waals surface area contributed by atoms with Gasteiger partial charge in [-0.1, -0.05) is 32.6 Å². The van der Waals surface area contributed by atoms with Gasteiger partial charge >= 0.3 is 0 Å². The van der Waals surface area contributed by atoms with Gasteiger partial charge in [-0.3, -0.25) is 9.89 Å². The first-order chi connectivity index (χ1) is 14.4. The zero-order valence-corrected chi connectivity index (χ0v) is 18.8. The number of amidine groups is 1. The average Bonchev–Trinajstić information content (AvgIpc) is 2.76. The number of benzene rings is 1. The molecule has 0 aliphatic carbocycles. The molecule has 164 valence electrons. The zero-order valence-electron chi connectivity index (χ0n) is 18.8. The highest BCUT2D eigenvalue weighted by molar-refractivity contribution is 5.96. The van der Waals surface area contributed by atoms with Gasteiger partial charge in [0.05, 0.1) is 6.54 Å². The Balaban J connectivity index is 2.25. The highest BCUT2D eigenvalue weighted by Gasteiger charge is 2.18. The topological polar surface area (TPSA) is 56.9 Å². The van der Waals surface area contributed by atoms with E-state index >= 15 is 0 Å². The monoisotopic (exact) mass is 413 g/mol. The summed E-state index contributed by atoms with van der Waals surface area (Å²) in [7, 11) is 1.92. The number of hydrogen-bond donors (Lipinski definition) is 2. The van der Waals surface area contributed by atoms with Crippen LogP contribution in [0.4, 0.5) is 4.39 Å². The summed E-state index contributed by atoms with van der Waals surface area (Å²) in [4.78, 5) is 9.01. The molecule has 1 aromatic carbocycles. The molecule has 1 aliphatic rings. The van der Waals surface area contributed by atoms with Gasteiger partial charge in [0.15, 0.2) is 0 Å². The van der Waals surface area contributed by atoms with Crippen LogP contribution in [0.25, 0.3) is 5.57 Å². The van der Waals surface area contributed by atoms with Crippen molar-refractivity contribution in [1.82, 2.24) is 15.1 Å². The summed E-state index contributed by atoms with van der Waals surface area (Å²) in [5.41, 5.74) is 8.09. The summed E-state index contributed by atoms with van der Waals surface area (Å²) in [6.07, 6.45) is 7.48. The van der Waals surface area contributed by atoms with Crippen molar-refractivity contribution in [1.29, 1.82) is 0 Å². The Morgan fingerprint density at radius 2 is 2.13 bits per heavy atom. The van der Waals surface area contributed by atoms with Crippen LogP contribution < -0.4 is 11.1 Å². The summed E-state index contributed by atoms with van der Waals surface area (Å²) < 4.78 is 14.6. The zero-order chi connectivity index (χ0) is 22.1. The van der Waals surface area contributed by atoms with Gasteiger partial charge in [0, 0.05) is 50.1 Å². The summed E-state index contributed by atoms with van der Waals surface area (Å²) in [5.74, 6) is 1.26. The maximum absolute atomic E-state index is 14.6. The van der Waals surface area contributed by atoms with E-state index in [0.29, 0.717) is 30.3 Å². The molecule has 0 radical (unpaired) electrons. The van der Waals surface area contributed by atoms with E-state index in [1.54, 1.807) is 6.08 Å². The standard InChI is InChI=1S/C24H36FN5/c1-6-18(4)30(15-12-26)16-13-27-23-11-14-29(5)24(28-23)20(8-3)21-17-19(7-2)9-10-22(21)25/h8-11,14,17-18H,3,6-7,12-13,15-16,26H2,1-2,4-5H3,(H,27,28)/b24-20+. The number of nitrogens with zero attached hydrogens (tertiary/aromatic N) is 3. The molecule has 6 heteroatoms. The van der Waals surface area contributed by atoms with Crippen molar-refractivity contribution in [3.63, 3.8) is 0 Å².